The van der Waals surface area contributed by atoms with Crippen LogP contribution in [-0.4, -0.2) is 29.2 Å². The maximum atomic E-state index is 8.83. The van der Waals surface area contributed by atoms with E-state index in [1.165, 1.54) is 24.9 Å². The maximum Gasteiger partial charge on any atom is 0.104 e. The highest BCUT2D eigenvalue weighted by Crippen LogP contribution is 2.24. The third-order valence-corrected chi connectivity index (χ3v) is 3.97. The first-order valence-electron chi connectivity index (χ1n) is 7.12. The molecule has 2 heteroatoms. The van der Waals surface area contributed by atoms with Gasteiger partial charge in [-0.25, -0.2) is 0 Å². The van der Waals surface area contributed by atoms with Gasteiger partial charge in [-0.1, -0.05) is 37.0 Å². The van der Waals surface area contributed by atoms with Gasteiger partial charge in [0, 0.05) is 18.2 Å². The lowest BCUT2D eigenvalue weighted by molar-refractivity contribution is 0.122. The molecule has 0 bridgehead atoms. The van der Waals surface area contributed by atoms with Gasteiger partial charge < -0.3 is 5.11 Å². The molecule has 19 heavy (non-hydrogen) atoms. The van der Waals surface area contributed by atoms with E-state index in [9.17, 15) is 0 Å². The van der Waals surface area contributed by atoms with Gasteiger partial charge in [0.25, 0.3) is 0 Å². The molecule has 0 spiro atoms. The van der Waals surface area contributed by atoms with Gasteiger partial charge in [-0.3, -0.25) is 4.90 Å². The van der Waals surface area contributed by atoms with Crippen LogP contribution in [0.25, 0.3) is 0 Å². The summed E-state index contributed by atoms with van der Waals surface area (Å²) in [6.07, 6.45) is 2.57. The molecule has 0 radical (unpaired) electrons. The summed E-state index contributed by atoms with van der Waals surface area (Å²) < 4.78 is 0. The van der Waals surface area contributed by atoms with Crippen molar-refractivity contribution in [1.29, 1.82) is 0 Å². The van der Waals surface area contributed by atoms with E-state index in [1.807, 2.05) is 12.1 Å². The number of nitrogens with zero attached hydrogens (tertiary/aromatic N) is 1. The summed E-state index contributed by atoms with van der Waals surface area (Å²) in [4.78, 5) is 2.54. The molecule has 1 saturated heterocycles. The van der Waals surface area contributed by atoms with E-state index in [0.29, 0.717) is 6.04 Å². The van der Waals surface area contributed by atoms with E-state index in [4.69, 9.17) is 5.11 Å². The molecule has 1 aliphatic rings. The summed E-state index contributed by atoms with van der Waals surface area (Å²) in [5.41, 5.74) is 2.31. The van der Waals surface area contributed by atoms with Crippen LogP contribution >= 0.6 is 0 Å². The zero-order valence-corrected chi connectivity index (χ0v) is 11.9. The topological polar surface area (TPSA) is 23.5 Å². The lowest BCUT2D eigenvalue weighted by Gasteiger charge is -2.36. The molecule has 102 valence electrons. The van der Waals surface area contributed by atoms with E-state index in [1.54, 1.807) is 0 Å². The average Bonchev–Trinajstić information content (AvgIpc) is 2.41. The third-order valence-electron chi connectivity index (χ3n) is 3.97. The Balaban J connectivity index is 2.10. The summed E-state index contributed by atoms with van der Waals surface area (Å²) in [6.45, 7) is 6.71. The first-order chi connectivity index (χ1) is 9.20. The molecule has 0 saturated carbocycles. The third kappa shape index (κ3) is 3.83. The minimum atomic E-state index is -0.0774. The Hall–Kier alpha value is -1.30. The minimum absolute atomic E-state index is 0.0774. The Morgan fingerprint density at radius 1 is 1.32 bits per heavy atom. The fourth-order valence-electron chi connectivity index (χ4n) is 2.82. The molecule has 2 nitrogen and oxygen atoms in total. The minimum Gasteiger partial charge on any atom is -0.384 e. The summed E-state index contributed by atoms with van der Waals surface area (Å²) in [5.74, 6) is 6.64. The van der Waals surface area contributed by atoms with Gasteiger partial charge in [0.1, 0.15) is 6.61 Å². The predicted molar refractivity (Wildman–Crippen MR) is 78.7 cm³/mol. The normalized spacial score (nSPS) is 23.7. The van der Waals surface area contributed by atoms with Crippen molar-refractivity contribution in [2.24, 2.45) is 5.92 Å². The molecule has 1 aliphatic heterocycles. The Bertz CT molecular complexity index is 472. The second kappa shape index (κ2) is 6.75. The molecular formula is C17H23NO. The van der Waals surface area contributed by atoms with Crippen molar-refractivity contribution in [3.63, 3.8) is 0 Å². The van der Waals surface area contributed by atoms with Crippen molar-refractivity contribution in [2.45, 2.75) is 39.3 Å². The number of benzene rings is 1. The summed E-state index contributed by atoms with van der Waals surface area (Å²) in [7, 11) is 0. The van der Waals surface area contributed by atoms with Crippen LogP contribution in [0.1, 0.15) is 37.8 Å². The second-order valence-corrected chi connectivity index (χ2v) is 5.57. The van der Waals surface area contributed by atoms with Crippen LogP contribution in [-0.2, 0) is 6.54 Å². The predicted octanol–water partition coefficient (Wildman–Crippen LogP) is 2.65. The average molecular weight is 257 g/mol. The Morgan fingerprint density at radius 2 is 2.11 bits per heavy atom. The fraction of sp³-hybridized carbons (Fsp3) is 0.529. The number of aliphatic hydroxyl groups excluding tert-OH is 1. The second-order valence-electron chi connectivity index (χ2n) is 5.57. The molecule has 0 aliphatic carbocycles. The number of piperidine rings is 1. The molecule has 2 atom stereocenters. The Labute approximate surface area is 116 Å². The van der Waals surface area contributed by atoms with Crippen LogP contribution in [0.2, 0.25) is 0 Å². The largest absolute Gasteiger partial charge is 0.384 e. The zero-order valence-electron chi connectivity index (χ0n) is 11.9. The van der Waals surface area contributed by atoms with Crippen molar-refractivity contribution in [1.82, 2.24) is 4.90 Å². The molecule has 2 rings (SSSR count). The van der Waals surface area contributed by atoms with Gasteiger partial charge in [-0.05, 0) is 43.9 Å². The highest BCUT2D eigenvalue weighted by molar-refractivity contribution is 5.41. The van der Waals surface area contributed by atoms with Crippen LogP contribution in [0.3, 0.4) is 0 Å². The van der Waals surface area contributed by atoms with Crippen molar-refractivity contribution >= 4 is 0 Å². The van der Waals surface area contributed by atoms with Gasteiger partial charge in [0.05, 0.1) is 0 Å². The van der Waals surface area contributed by atoms with Gasteiger partial charge in [-0.2, -0.15) is 0 Å². The lowest BCUT2D eigenvalue weighted by Crippen LogP contribution is -2.39. The number of aliphatic hydroxyl groups is 1. The van der Waals surface area contributed by atoms with Gasteiger partial charge in [0.15, 0.2) is 0 Å². The quantitative estimate of drug-likeness (QED) is 0.823. The smallest absolute Gasteiger partial charge is 0.104 e. The van der Waals surface area contributed by atoms with E-state index >= 15 is 0 Å². The lowest BCUT2D eigenvalue weighted by atomic mass is 9.92. The number of hydrogen-bond acceptors (Lipinski definition) is 2. The van der Waals surface area contributed by atoms with E-state index in [0.717, 1.165) is 18.0 Å². The molecule has 2 unspecified atom stereocenters. The molecule has 0 aromatic heterocycles. The van der Waals surface area contributed by atoms with Crippen molar-refractivity contribution < 1.29 is 5.11 Å². The van der Waals surface area contributed by atoms with E-state index < -0.39 is 0 Å². The van der Waals surface area contributed by atoms with Crippen LogP contribution in [0, 0.1) is 17.8 Å². The Morgan fingerprint density at radius 3 is 2.84 bits per heavy atom. The molecule has 1 aromatic carbocycles. The van der Waals surface area contributed by atoms with Gasteiger partial charge in [-0.15, -0.1) is 0 Å². The van der Waals surface area contributed by atoms with Crippen molar-refractivity contribution in [3.05, 3.63) is 35.4 Å². The van der Waals surface area contributed by atoms with Crippen molar-refractivity contribution in [3.8, 4) is 11.8 Å². The Kier molecular flexibility index (Phi) is 5.01. The van der Waals surface area contributed by atoms with Crippen LogP contribution in [0.5, 0.6) is 0 Å². The molecule has 1 fully saturated rings. The van der Waals surface area contributed by atoms with Crippen molar-refractivity contribution in [2.75, 3.05) is 13.2 Å². The number of rotatable bonds is 2. The highest BCUT2D eigenvalue weighted by atomic mass is 16.2. The first-order valence-corrected chi connectivity index (χ1v) is 7.12. The zero-order chi connectivity index (χ0) is 13.7. The van der Waals surface area contributed by atoms with Crippen LogP contribution in [0.4, 0.5) is 0 Å². The maximum absolute atomic E-state index is 8.83. The highest BCUT2D eigenvalue weighted by Gasteiger charge is 2.23. The molecular weight excluding hydrogens is 234 g/mol. The van der Waals surface area contributed by atoms with Gasteiger partial charge >= 0.3 is 0 Å². The first kappa shape index (κ1) is 14.1. The molecule has 1 N–H and O–H groups in total. The SMILES string of the molecule is CC1CCN(Cc2ccccc2C#CCO)C(C)C1. The summed E-state index contributed by atoms with van der Waals surface area (Å²) in [6, 6.07) is 8.90. The summed E-state index contributed by atoms with van der Waals surface area (Å²) in [5, 5.41) is 8.83. The van der Waals surface area contributed by atoms with Crippen LogP contribution < -0.4 is 0 Å². The molecule has 0 amide bonds. The van der Waals surface area contributed by atoms with Gasteiger partial charge in [0.2, 0.25) is 0 Å². The monoisotopic (exact) mass is 257 g/mol. The number of hydrogen-bond donors (Lipinski definition) is 1. The number of likely N-dealkylation sites (tertiary alicyclic amines) is 1. The van der Waals surface area contributed by atoms with E-state index in [2.05, 4.69) is 42.7 Å². The molecule has 1 aromatic rings. The fourth-order valence-corrected chi connectivity index (χ4v) is 2.82. The summed E-state index contributed by atoms with van der Waals surface area (Å²) >= 11 is 0. The standard InChI is InChI=1S/C17H23NO/c1-14-9-10-18(15(2)12-14)13-17-7-4-3-6-16(17)8-5-11-19/h3-4,6-7,14-15,19H,9-13H2,1-2H3. The van der Waals surface area contributed by atoms with Crippen LogP contribution in [0.15, 0.2) is 24.3 Å². The molecule has 1 heterocycles. The van der Waals surface area contributed by atoms with E-state index in [-0.39, 0.29) is 6.61 Å².